The van der Waals surface area contributed by atoms with Crippen LogP contribution in [0.5, 0.6) is 0 Å². The van der Waals surface area contributed by atoms with Crippen molar-refractivity contribution in [2.45, 2.75) is 51.8 Å². The van der Waals surface area contributed by atoms with Gasteiger partial charge in [0.1, 0.15) is 11.6 Å². The summed E-state index contributed by atoms with van der Waals surface area (Å²) in [7, 11) is 0. The van der Waals surface area contributed by atoms with Crippen LogP contribution < -0.4 is 11.1 Å². The normalized spacial score (nSPS) is 12.7. The molecule has 1 rings (SSSR count). The molecule has 0 aromatic carbocycles. The van der Waals surface area contributed by atoms with Crippen LogP contribution in [0.4, 0.5) is 4.79 Å². The first-order chi connectivity index (χ1) is 11.3. The molecule has 0 saturated carbocycles. The lowest BCUT2D eigenvalue weighted by atomic mass is 10.1. The highest BCUT2D eigenvalue weighted by atomic mass is 16.6. The lowest BCUT2D eigenvalue weighted by Gasteiger charge is -2.23. The van der Waals surface area contributed by atoms with Crippen molar-refractivity contribution in [1.29, 1.82) is 0 Å². The number of nitrogens with two attached hydrogens (primary N) is 1. The number of nitrogens with one attached hydrogen (secondary N) is 1. The van der Waals surface area contributed by atoms with E-state index in [1.165, 1.54) is 0 Å². The summed E-state index contributed by atoms with van der Waals surface area (Å²) in [6.45, 7) is 7.14. The Morgan fingerprint density at radius 3 is 2.46 bits per heavy atom. The SMILES string of the molecule is CC(C)(C)OC(=O)NC(Cn1cccc1)C(=O)CCCOCCN. The van der Waals surface area contributed by atoms with Gasteiger partial charge in [0.05, 0.1) is 6.61 Å². The molecule has 0 aliphatic rings. The number of ketones is 1. The van der Waals surface area contributed by atoms with E-state index in [1.54, 1.807) is 20.8 Å². The molecule has 0 bridgehead atoms. The molecule has 1 aromatic heterocycles. The van der Waals surface area contributed by atoms with Gasteiger partial charge in [-0.25, -0.2) is 4.79 Å². The Morgan fingerprint density at radius 1 is 1.21 bits per heavy atom. The van der Waals surface area contributed by atoms with Crippen molar-refractivity contribution in [3.05, 3.63) is 24.5 Å². The van der Waals surface area contributed by atoms with E-state index in [2.05, 4.69) is 5.32 Å². The largest absolute Gasteiger partial charge is 0.444 e. The van der Waals surface area contributed by atoms with Crippen molar-refractivity contribution in [2.24, 2.45) is 5.73 Å². The van der Waals surface area contributed by atoms with Crippen molar-refractivity contribution in [3.63, 3.8) is 0 Å². The maximum Gasteiger partial charge on any atom is 0.408 e. The fourth-order valence-electron chi connectivity index (χ4n) is 2.09. The zero-order valence-corrected chi connectivity index (χ0v) is 14.8. The molecule has 7 heteroatoms. The minimum atomic E-state index is -0.637. The maximum atomic E-state index is 12.4. The molecule has 1 amide bonds. The second kappa shape index (κ2) is 10.1. The molecule has 1 atom stereocenters. The summed E-state index contributed by atoms with van der Waals surface area (Å²) in [5, 5.41) is 2.67. The number of carbonyl (C=O) groups is 2. The van der Waals surface area contributed by atoms with Gasteiger partial charge < -0.3 is 25.1 Å². The lowest BCUT2D eigenvalue weighted by Crippen LogP contribution is -2.45. The lowest BCUT2D eigenvalue weighted by molar-refractivity contribution is -0.121. The summed E-state index contributed by atoms with van der Waals surface area (Å²) < 4.78 is 12.4. The van der Waals surface area contributed by atoms with Crippen LogP contribution in [0.15, 0.2) is 24.5 Å². The molecular weight excluding hydrogens is 310 g/mol. The third kappa shape index (κ3) is 8.69. The fourth-order valence-corrected chi connectivity index (χ4v) is 2.09. The first-order valence-corrected chi connectivity index (χ1v) is 8.22. The van der Waals surface area contributed by atoms with E-state index in [-0.39, 0.29) is 5.78 Å². The van der Waals surface area contributed by atoms with E-state index < -0.39 is 17.7 Å². The molecule has 0 fully saturated rings. The number of carbonyl (C=O) groups excluding carboxylic acids is 2. The Bertz CT molecular complexity index is 494. The Balaban J connectivity index is 2.56. The quantitative estimate of drug-likeness (QED) is 0.633. The number of amides is 1. The van der Waals surface area contributed by atoms with Gasteiger partial charge in [-0.05, 0) is 39.3 Å². The predicted octanol–water partition coefficient (Wildman–Crippen LogP) is 1.71. The van der Waals surface area contributed by atoms with Crippen LogP contribution in [0.25, 0.3) is 0 Å². The molecule has 1 unspecified atom stereocenters. The van der Waals surface area contributed by atoms with Crippen LogP contribution in [0.1, 0.15) is 33.6 Å². The molecule has 0 aliphatic carbocycles. The van der Waals surface area contributed by atoms with E-state index >= 15 is 0 Å². The van der Waals surface area contributed by atoms with Gasteiger partial charge in [0, 0.05) is 38.5 Å². The molecule has 0 aliphatic heterocycles. The number of hydrogen-bond acceptors (Lipinski definition) is 5. The van der Waals surface area contributed by atoms with Gasteiger partial charge in [-0.1, -0.05) is 0 Å². The van der Waals surface area contributed by atoms with Crippen LogP contribution in [0.3, 0.4) is 0 Å². The zero-order valence-electron chi connectivity index (χ0n) is 14.8. The summed E-state index contributed by atoms with van der Waals surface area (Å²) in [5.74, 6) is -0.0501. The monoisotopic (exact) mass is 339 g/mol. The Labute approximate surface area is 143 Å². The minimum Gasteiger partial charge on any atom is -0.444 e. The van der Waals surface area contributed by atoms with Gasteiger partial charge in [0.25, 0.3) is 0 Å². The van der Waals surface area contributed by atoms with Gasteiger partial charge in [0.2, 0.25) is 0 Å². The van der Waals surface area contributed by atoms with Crippen molar-refractivity contribution in [3.8, 4) is 0 Å². The average molecular weight is 339 g/mol. The minimum absolute atomic E-state index is 0.0501. The fraction of sp³-hybridized carbons (Fsp3) is 0.647. The molecule has 1 aromatic rings. The first kappa shape index (κ1) is 20.2. The zero-order chi connectivity index (χ0) is 18.0. The highest BCUT2D eigenvalue weighted by Crippen LogP contribution is 2.08. The summed E-state index contributed by atoms with van der Waals surface area (Å²) in [4.78, 5) is 24.4. The number of Topliss-reactive ketones (excluding diaryl/α,β-unsaturated/α-hetero) is 1. The van der Waals surface area contributed by atoms with E-state index in [1.807, 2.05) is 29.1 Å². The Morgan fingerprint density at radius 2 is 1.88 bits per heavy atom. The van der Waals surface area contributed by atoms with Crippen molar-refractivity contribution >= 4 is 11.9 Å². The average Bonchev–Trinajstić information content (AvgIpc) is 2.97. The summed E-state index contributed by atoms with van der Waals surface area (Å²) in [5.41, 5.74) is 4.73. The number of rotatable bonds is 10. The second-order valence-corrected chi connectivity index (χ2v) is 6.55. The molecular formula is C17H29N3O4. The van der Waals surface area contributed by atoms with Gasteiger partial charge in [-0.2, -0.15) is 0 Å². The number of hydrogen-bond donors (Lipinski definition) is 2. The molecule has 1 heterocycles. The highest BCUT2D eigenvalue weighted by molar-refractivity contribution is 5.87. The van der Waals surface area contributed by atoms with Gasteiger partial charge in [-0.15, -0.1) is 0 Å². The molecule has 3 N–H and O–H groups in total. The Kier molecular flexibility index (Phi) is 8.49. The van der Waals surface area contributed by atoms with Crippen molar-refractivity contribution in [2.75, 3.05) is 19.8 Å². The Hall–Kier alpha value is -1.86. The van der Waals surface area contributed by atoms with Crippen LogP contribution in [-0.4, -0.2) is 47.8 Å². The van der Waals surface area contributed by atoms with E-state index in [0.717, 1.165) is 0 Å². The third-order valence-corrected chi connectivity index (χ3v) is 3.11. The van der Waals surface area contributed by atoms with Crippen molar-refractivity contribution in [1.82, 2.24) is 9.88 Å². The molecule has 24 heavy (non-hydrogen) atoms. The molecule has 0 radical (unpaired) electrons. The van der Waals surface area contributed by atoms with Crippen molar-refractivity contribution < 1.29 is 19.1 Å². The van der Waals surface area contributed by atoms with Gasteiger partial charge in [-0.3, -0.25) is 4.79 Å². The van der Waals surface area contributed by atoms with Crippen LogP contribution in [-0.2, 0) is 20.8 Å². The number of ether oxygens (including phenoxy) is 2. The van der Waals surface area contributed by atoms with E-state index in [9.17, 15) is 9.59 Å². The standard InChI is InChI=1S/C17H29N3O4/c1-17(2,3)24-16(22)19-14(13-20-9-4-5-10-20)15(21)7-6-11-23-12-8-18/h4-5,9-10,14H,6-8,11-13,18H2,1-3H3,(H,19,22). The molecule has 7 nitrogen and oxygen atoms in total. The van der Waals surface area contributed by atoms with E-state index in [0.29, 0.717) is 39.1 Å². The molecule has 0 saturated heterocycles. The predicted molar refractivity (Wildman–Crippen MR) is 91.7 cm³/mol. The van der Waals surface area contributed by atoms with Gasteiger partial charge in [0.15, 0.2) is 5.78 Å². The second-order valence-electron chi connectivity index (χ2n) is 6.55. The topological polar surface area (TPSA) is 95.6 Å². The smallest absolute Gasteiger partial charge is 0.408 e. The number of nitrogens with zero attached hydrogens (tertiary/aromatic N) is 1. The summed E-state index contributed by atoms with van der Waals surface area (Å²) in [6, 6.07) is 3.10. The molecule has 0 spiro atoms. The van der Waals surface area contributed by atoms with Gasteiger partial charge >= 0.3 is 6.09 Å². The van der Waals surface area contributed by atoms with Crippen LogP contribution in [0.2, 0.25) is 0 Å². The highest BCUT2D eigenvalue weighted by Gasteiger charge is 2.24. The van der Waals surface area contributed by atoms with E-state index in [4.69, 9.17) is 15.2 Å². The number of alkyl carbamates (subject to hydrolysis) is 1. The summed E-state index contributed by atoms with van der Waals surface area (Å²) in [6.07, 6.45) is 4.03. The van der Waals surface area contributed by atoms with Crippen LogP contribution in [0, 0.1) is 0 Å². The number of aromatic nitrogens is 1. The first-order valence-electron chi connectivity index (χ1n) is 8.22. The maximum absolute atomic E-state index is 12.4. The summed E-state index contributed by atoms with van der Waals surface area (Å²) >= 11 is 0. The molecule has 136 valence electrons. The third-order valence-electron chi connectivity index (χ3n) is 3.11. The van der Waals surface area contributed by atoms with Crippen LogP contribution >= 0.6 is 0 Å².